The molecule has 0 aliphatic heterocycles. The number of hydrogen-bond acceptors (Lipinski definition) is 7. The van der Waals surface area contributed by atoms with Crippen LogP contribution in [0.5, 0.6) is 0 Å². The van der Waals surface area contributed by atoms with Gasteiger partial charge < -0.3 is 19.7 Å². The van der Waals surface area contributed by atoms with Crippen molar-refractivity contribution in [3.05, 3.63) is 81.8 Å². The Labute approximate surface area is 177 Å². The van der Waals surface area contributed by atoms with E-state index < -0.39 is 12.5 Å². The number of rotatable bonds is 12. The van der Waals surface area contributed by atoms with Gasteiger partial charge in [-0.2, -0.15) is 0 Å². The Morgan fingerprint density at radius 3 is 2.23 bits per heavy atom. The van der Waals surface area contributed by atoms with Crippen molar-refractivity contribution < 1.29 is 18.5 Å². The molecule has 9 heteroatoms. The van der Waals surface area contributed by atoms with E-state index in [2.05, 4.69) is 10.6 Å². The lowest BCUT2D eigenvalue weighted by Gasteiger charge is -2.25. The minimum atomic E-state index is -3.54. The van der Waals surface area contributed by atoms with Crippen molar-refractivity contribution in [1.82, 2.24) is 5.32 Å². The van der Waals surface area contributed by atoms with Gasteiger partial charge in [0.15, 0.2) is 0 Å². The summed E-state index contributed by atoms with van der Waals surface area (Å²) >= 11 is 0. The topological polar surface area (TPSA) is 103 Å². The van der Waals surface area contributed by atoms with Gasteiger partial charge in [-0.25, -0.2) is 0 Å². The Morgan fingerprint density at radius 1 is 1.10 bits per heavy atom. The van der Waals surface area contributed by atoms with Crippen molar-refractivity contribution in [3.8, 4) is 0 Å². The molecule has 8 nitrogen and oxygen atoms in total. The number of nitrogens with one attached hydrogen (secondary N) is 2. The maximum absolute atomic E-state index is 13.4. The predicted molar refractivity (Wildman–Crippen MR) is 118 cm³/mol. The Bertz CT molecular complexity index is 877. The van der Waals surface area contributed by atoms with Gasteiger partial charge in [-0.3, -0.25) is 14.7 Å². The Hall–Kier alpha value is -2.51. The summed E-state index contributed by atoms with van der Waals surface area (Å²) in [5.74, 6) is 0. The Morgan fingerprint density at radius 2 is 1.70 bits per heavy atom. The maximum Gasteiger partial charge on any atom is 0.360 e. The van der Waals surface area contributed by atoms with Crippen molar-refractivity contribution >= 4 is 19.0 Å². The van der Waals surface area contributed by atoms with Gasteiger partial charge in [-0.05, 0) is 38.5 Å². The summed E-state index contributed by atoms with van der Waals surface area (Å²) in [6.07, 6.45) is 1.59. The average Bonchev–Trinajstić information content (AvgIpc) is 2.73. The van der Waals surface area contributed by atoms with Crippen molar-refractivity contribution in [2.45, 2.75) is 33.4 Å². The molecule has 0 aliphatic rings. The maximum atomic E-state index is 13.4. The van der Waals surface area contributed by atoms with Gasteiger partial charge in [-0.1, -0.05) is 30.3 Å². The van der Waals surface area contributed by atoms with Crippen molar-refractivity contribution in [2.24, 2.45) is 0 Å². The summed E-state index contributed by atoms with van der Waals surface area (Å²) in [4.78, 5) is 10.4. The molecular weight excluding hydrogens is 405 g/mol. The van der Waals surface area contributed by atoms with Gasteiger partial charge in [0.1, 0.15) is 0 Å². The number of hydrogen-bond donors (Lipinski definition) is 2. The largest absolute Gasteiger partial charge is 0.361 e. The van der Waals surface area contributed by atoms with Crippen LogP contribution in [0.1, 0.15) is 26.3 Å². The molecule has 162 valence electrons. The fraction of sp³-hybridized carbons (Fsp3) is 0.333. The van der Waals surface area contributed by atoms with E-state index in [9.17, 15) is 14.7 Å². The Balaban J connectivity index is 2.25. The second kappa shape index (κ2) is 11.6. The fourth-order valence-corrected chi connectivity index (χ4v) is 4.62. The SMILES string of the molecule is CCOP(=O)(OCC)/C(=C/Nc1ccc([N+](=O)[O-])cc1)C(C)NCc1ccccc1. The summed E-state index contributed by atoms with van der Waals surface area (Å²) < 4.78 is 24.5. The third kappa shape index (κ3) is 6.78. The quantitative estimate of drug-likeness (QED) is 0.266. The van der Waals surface area contributed by atoms with Crippen LogP contribution in [0.4, 0.5) is 11.4 Å². The lowest BCUT2D eigenvalue weighted by atomic mass is 10.2. The Kier molecular flexibility index (Phi) is 9.20. The first-order chi connectivity index (χ1) is 14.4. The predicted octanol–water partition coefficient (Wildman–Crippen LogP) is 5.29. The molecule has 0 aliphatic carbocycles. The average molecular weight is 433 g/mol. The van der Waals surface area contributed by atoms with Crippen molar-refractivity contribution in [3.63, 3.8) is 0 Å². The van der Waals surface area contributed by atoms with E-state index in [0.717, 1.165) is 5.56 Å². The zero-order chi connectivity index (χ0) is 22.0. The summed E-state index contributed by atoms with van der Waals surface area (Å²) in [5, 5.41) is 17.7. The van der Waals surface area contributed by atoms with E-state index in [0.29, 0.717) is 17.5 Å². The molecule has 0 radical (unpaired) electrons. The molecule has 30 heavy (non-hydrogen) atoms. The molecule has 0 saturated heterocycles. The van der Waals surface area contributed by atoms with E-state index in [4.69, 9.17) is 9.05 Å². The van der Waals surface area contributed by atoms with Crippen LogP contribution in [0, 0.1) is 10.1 Å². The molecule has 1 unspecified atom stereocenters. The second-order valence-electron chi connectivity index (χ2n) is 6.44. The molecule has 0 amide bonds. The number of nitro benzene ring substituents is 1. The normalized spacial score (nSPS) is 13.1. The smallest absolute Gasteiger partial charge is 0.360 e. The van der Waals surface area contributed by atoms with Gasteiger partial charge >= 0.3 is 7.60 Å². The van der Waals surface area contributed by atoms with Crippen LogP contribution in [0.15, 0.2) is 66.1 Å². The lowest BCUT2D eigenvalue weighted by molar-refractivity contribution is -0.384. The van der Waals surface area contributed by atoms with E-state index in [-0.39, 0.29) is 24.9 Å². The molecule has 0 spiro atoms. The highest BCUT2D eigenvalue weighted by atomic mass is 31.2. The minimum absolute atomic E-state index is 0.00282. The van der Waals surface area contributed by atoms with Gasteiger partial charge in [0.25, 0.3) is 5.69 Å². The van der Waals surface area contributed by atoms with Gasteiger partial charge in [-0.15, -0.1) is 0 Å². The second-order valence-corrected chi connectivity index (χ2v) is 8.47. The van der Waals surface area contributed by atoms with E-state index in [1.54, 1.807) is 32.2 Å². The standard InChI is InChI=1S/C21H28N3O5P/c1-4-28-30(27,29-5-2)21(17(3)22-15-18-9-7-6-8-10-18)16-23-19-11-13-20(14-12-19)24(25)26/h6-14,16-17,22-23H,4-5,15H2,1-3H3/b21-16+. The van der Waals surface area contributed by atoms with E-state index in [1.807, 2.05) is 37.3 Å². The first-order valence-corrected chi connectivity index (χ1v) is 11.3. The summed E-state index contributed by atoms with van der Waals surface area (Å²) in [7, 11) is -3.54. The lowest BCUT2D eigenvalue weighted by Crippen LogP contribution is -2.28. The van der Waals surface area contributed by atoms with E-state index >= 15 is 0 Å². The number of nitro groups is 1. The minimum Gasteiger partial charge on any atom is -0.361 e. The van der Waals surface area contributed by atoms with E-state index in [1.165, 1.54) is 12.1 Å². The van der Waals surface area contributed by atoms with Crippen molar-refractivity contribution in [1.29, 1.82) is 0 Å². The highest BCUT2D eigenvalue weighted by Crippen LogP contribution is 2.57. The van der Waals surface area contributed by atoms with Crippen LogP contribution in [-0.4, -0.2) is 24.2 Å². The third-order valence-electron chi connectivity index (χ3n) is 4.28. The zero-order valence-electron chi connectivity index (χ0n) is 17.4. The third-order valence-corrected chi connectivity index (χ3v) is 6.62. The van der Waals surface area contributed by atoms with Gasteiger partial charge in [0.2, 0.25) is 0 Å². The number of nitrogens with zero attached hydrogens (tertiary/aromatic N) is 1. The number of benzene rings is 2. The number of anilines is 1. The van der Waals surface area contributed by atoms with Crippen LogP contribution >= 0.6 is 7.60 Å². The molecule has 0 saturated carbocycles. The fourth-order valence-electron chi connectivity index (χ4n) is 2.78. The van der Waals surface area contributed by atoms with Crippen LogP contribution in [0.3, 0.4) is 0 Å². The van der Waals surface area contributed by atoms with Gasteiger partial charge in [0, 0.05) is 36.6 Å². The summed E-state index contributed by atoms with van der Waals surface area (Å²) in [6.45, 7) is 6.45. The molecule has 2 aromatic rings. The molecule has 0 aromatic heterocycles. The number of non-ortho nitro benzene ring substituents is 1. The molecule has 0 heterocycles. The molecular formula is C21H28N3O5P. The monoisotopic (exact) mass is 433 g/mol. The highest BCUT2D eigenvalue weighted by Gasteiger charge is 2.33. The van der Waals surface area contributed by atoms with Gasteiger partial charge in [0.05, 0.1) is 23.5 Å². The molecule has 1 atom stereocenters. The molecule has 2 aromatic carbocycles. The van der Waals surface area contributed by atoms with Crippen LogP contribution in [-0.2, 0) is 20.2 Å². The van der Waals surface area contributed by atoms with Crippen LogP contribution < -0.4 is 10.6 Å². The zero-order valence-corrected chi connectivity index (χ0v) is 18.3. The van der Waals surface area contributed by atoms with Crippen LogP contribution in [0.25, 0.3) is 0 Å². The summed E-state index contributed by atoms with van der Waals surface area (Å²) in [5.41, 5.74) is 1.71. The van der Waals surface area contributed by atoms with Crippen molar-refractivity contribution in [2.75, 3.05) is 18.5 Å². The molecule has 0 fully saturated rings. The van der Waals surface area contributed by atoms with Crippen LogP contribution in [0.2, 0.25) is 0 Å². The highest BCUT2D eigenvalue weighted by molar-refractivity contribution is 7.58. The molecule has 2 rings (SSSR count). The summed E-state index contributed by atoms with van der Waals surface area (Å²) in [6, 6.07) is 15.5. The first-order valence-electron chi connectivity index (χ1n) is 9.77. The molecule has 2 N–H and O–H groups in total. The first kappa shape index (κ1) is 23.8. The molecule has 0 bridgehead atoms.